The first kappa shape index (κ1) is 23.7. The summed E-state index contributed by atoms with van der Waals surface area (Å²) in [4.78, 5) is 37.0. The summed E-state index contributed by atoms with van der Waals surface area (Å²) in [5.74, 6) is -0.463. The van der Waals surface area contributed by atoms with Crippen molar-refractivity contribution in [2.45, 2.75) is 33.2 Å². The van der Waals surface area contributed by atoms with Crippen molar-refractivity contribution in [3.05, 3.63) is 59.7 Å². The highest BCUT2D eigenvalue weighted by Crippen LogP contribution is 2.13. The van der Waals surface area contributed by atoms with Gasteiger partial charge in [-0.25, -0.2) is 0 Å². The number of carbonyl (C=O) groups is 3. The van der Waals surface area contributed by atoms with Crippen molar-refractivity contribution in [1.82, 2.24) is 16.2 Å². The number of nitrogens with one attached hydrogen (secondary N) is 3. The van der Waals surface area contributed by atoms with E-state index in [0.717, 1.165) is 6.42 Å². The van der Waals surface area contributed by atoms with E-state index < -0.39 is 23.8 Å². The molecule has 0 radical (unpaired) electrons. The Morgan fingerprint density at radius 2 is 1.52 bits per heavy atom. The molecule has 8 nitrogen and oxygen atoms in total. The predicted molar refractivity (Wildman–Crippen MR) is 117 cm³/mol. The van der Waals surface area contributed by atoms with E-state index in [-0.39, 0.29) is 12.5 Å². The van der Waals surface area contributed by atoms with Gasteiger partial charge in [0.15, 0.2) is 6.61 Å². The van der Waals surface area contributed by atoms with Gasteiger partial charge < -0.3 is 14.8 Å². The van der Waals surface area contributed by atoms with Crippen LogP contribution >= 0.6 is 0 Å². The Labute approximate surface area is 182 Å². The lowest BCUT2D eigenvalue weighted by molar-refractivity contribution is -0.131. The molecule has 0 fully saturated rings. The largest absolute Gasteiger partial charge is 0.497 e. The van der Waals surface area contributed by atoms with E-state index in [0.29, 0.717) is 17.1 Å². The molecule has 8 heteroatoms. The third-order valence-corrected chi connectivity index (χ3v) is 4.61. The van der Waals surface area contributed by atoms with Crippen molar-refractivity contribution < 1.29 is 23.9 Å². The number of hydrazine groups is 1. The molecule has 1 unspecified atom stereocenters. The summed E-state index contributed by atoms with van der Waals surface area (Å²) in [5, 5.41) is 2.69. The van der Waals surface area contributed by atoms with Gasteiger partial charge in [-0.2, -0.15) is 0 Å². The van der Waals surface area contributed by atoms with Crippen LogP contribution in [0, 0.1) is 5.92 Å². The fraction of sp³-hybridized carbons (Fsp3) is 0.348. The zero-order valence-electron chi connectivity index (χ0n) is 18.2. The minimum Gasteiger partial charge on any atom is -0.497 e. The zero-order chi connectivity index (χ0) is 22.8. The fourth-order valence-electron chi connectivity index (χ4n) is 2.72. The average Bonchev–Trinajstić information content (AvgIpc) is 2.79. The van der Waals surface area contributed by atoms with Gasteiger partial charge in [0.05, 0.1) is 7.11 Å². The van der Waals surface area contributed by atoms with Crippen molar-refractivity contribution >= 4 is 17.7 Å². The van der Waals surface area contributed by atoms with Crippen LogP contribution in [0.15, 0.2) is 48.5 Å². The van der Waals surface area contributed by atoms with Gasteiger partial charge in [-0.3, -0.25) is 25.2 Å². The first-order valence-electron chi connectivity index (χ1n) is 10.1. The van der Waals surface area contributed by atoms with Crippen LogP contribution in [0.4, 0.5) is 0 Å². The highest BCUT2D eigenvalue weighted by atomic mass is 16.5. The number of amides is 3. The maximum absolute atomic E-state index is 12.5. The molecule has 0 aliphatic rings. The third-order valence-electron chi connectivity index (χ3n) is 4.61. The molecule has 2 aromatic rings. The topological polar surface area (TPSA) is 106 Å². The molecule has 3 N–H and O–H groups in total. The summed E-state index contributed by atoms with van der Waals surface area (Å²) < 4.78 is 10.5. The molecular weight excluding hydrogens is 398 g/mol. The number of methoxy groups -OCH3 is 1. The second kappa shape index (κ2) is 11.6. The standard InChI is InChI=1S/C23H29N3O5/c1-5-16-6-10-19(11-7-16)31-14-20(27)25-26-23(29)21(15(2)3)24-22(28)17-8-12-18(30-4)13-9-17/h6-13,15,21H,5,14H2,1-4H3,(H,24,28)(H,25,27)(H,26,29). The lowest BCUT2D eigenvalue weighted by Gasteiger charge is -2.22. The zero-order valence-corrected chi connectivity index (χ0v) is 18.2. The molecule has 0 spiro atoms. The number of benzene rings is 2. The molecule has 2 rings (SSSR count). The molecule has 0 bridgehead atoms. The lowest BCUT2D eigenvalue weighted by Crippen LogP contribution is -2.54. The van der Waals surface area contributed by atoms with Crippen LogP contribution < -0.4 is 25.6 Å². The van der Waals surface area contributed by atoms with Gasteiger partial charge in [-0.15, -0.1) is 0 Å². The Hall–Kier alpha value is -3.55. The number of carbonyl (C=O) groups excluding carboxylic acids is 3. The Morgan fingerprint density at radius 3 is 2.06 bits per heavy atom. The van der Waals surface area contributed by atoms with Crippen LogP contribution in [-0.4, -0.2) is 37.5 Å². The van der Waals surface area contributed by atoms with Gasteiger partial charge in [0.25, 0.3) is 17.7 Å². The van der Waals surface area contributed by atoms with E-state index in [1.807, 2.05) is 12.1 Å². The van der Waals surface area contributed by atoms with Crippen molar-refractivity contribution in [2.24, 2.45) is 5.92 Å². The Kier molecular flexibility index (Phi) is 8.87. The van der Waals surface area contributed by atoms with Crippen molar-refractivity contribution in [2.75, 3.05) is 13.7 Å². The number of hydrogen-bond donors (Lipinski definition) is 3. The van der Waals surface area contributed by atoms with Crippen LogP contribution in [0.5, 0.6) is 11.5 Å². The minimum absolute atomic E-state index is 0.201. The summed E-state index contributed by atoms with van der Waals surface area (Å²) in [5.41, 5.74) is 6.21. The third kappa shape index (κ3) is 7.33. The summed E-state index contributed by atoms with van der Waals surface area (Å²) in [6.07, 6.45) is 0.915. The Bertz CT molecular complexity index is 879. The average molecular weight is 428 g/mol. The fourth-order valence-corrected chi connectivity index (χ4v) is 2.72. The van der Waals surface area contributed by atoms with Crippen molar-refractivity contribution in [1.29, 1.82) is 0 Å². The molecule has 0 saturated heterocycles. The monoisotopic (exact) mass is 427 g/mol. The van der Waals surface area contributed by atoms with E-state index in [9.17, 15) is 14.4 Å². The van der Waals surface area contributed by atoms with E-state index in [2.05, 4.69) is 23.1 Å². The van der Waals surface area contributed by atoms with E-state index in [1.54, 1.807) is 50.2 Å². The lowest BCUT2D eigenvalue weighted by atomic mass is 10.0. The van der Waals surface area contributed by atoms with Crippen LogP contribution in [0.3, 0.4) is 0 Å². The van der Waals surface area contributed by atoms with Gasteiger partial charge in [0.2, 0.25) is 0 Å². The van der Waals surface area contributed by atoms with E-state index >= 15 is 0 Å². The number of rotatable bonds is 9. The second-order valence-electron chi connectivity index (χ2n) is 7.25. The smallest absolute Gasteiger partial charge is 0.276 e. The van der Waals surface area contributed by atoms with Gasteiger partial charge in [0.1, 0.15) is 17.5 Å². The van der Waals surface area contributed by atoms with Crippen LogP contribution in [-0.2, 0) is 16.0 Å². The number of ether oxygens (including phenoxy) is 2. The Morgan fingerprint density at radius 1 is 0.903 bits per heavy atom. The molecular formula is C23H29N3O5. The molecule has 166 valence electrons. The molecule has 1 atom stereocenters. The predicted octanol–water partition coefficient (Wildman–Crippen LogP) is 2.24. The highest BCUT2D eigenvalue weighted by Gasteiger charge is 2.25. The Balaban J connectivity index is 1.84. The van der Waals surface area contributed by atoms with Crippen molar-refractivity contribution in [3.63, 3.8) is 0 Å². The first-order valence-corrected chi connectivity index (χ1v) is 10.1. The maximum Gasteiger partial charge on any atom is 0.276 e. The van der Waals surface area contributed by atoms with Crippen LogP contribution in [0.2, 0.25) is 0 Å². The van der Waals surface area contributed by atoms with Gasteiger partial charge in [-0.1, -0.05) is 32.9 Å². The molecule has 31 heavy (non-hydrogen) atoms. The van der Waals surface area contributed by atoms with Gasteiger partial charge >= 0.3 is 0 Å². The van der Waals surface area contributed by atoms with Crippen molar-refractivity contribution in [3.8, 4) is 11.5 Å². The molecule has 0 heterocycles. The molecule has 3 amide bonds. The maximum atomic E-state index is 12.5. The molecule has 2 aromatic carbocycles. The number of aryl methyl sites for hydroxylation is 1. The van der Waals surface area contributed by atoms with Crippen LogP contribution in [0.1, 0.15) is 36.7 Å². The summed E-state index contributed by atoms with van der Waals surface area (Å²) in [6.45, 7) is 5.39. The second-order valence-corrected chi connectivity index (χ2v) is 7.25. The number of hydrogen-bond acceptors (Lipinski definition) is 5. The molecule has 0 aliphatic heterocycles. The summed E-state index contributed by atoms with van der Waals surface area (Å²) in [7, 11) is 1.54. The highest BCUT2D eigenvalue weighted by molar-refractivity contribution is 5.98. The SMILES string of the molecule is CCc1ccc(OCC(=O)NNC(=O)C(NC(=O)c2ccc(OC)cc2)C(C)C)cc1. The van der Waals surface area contributed by atoms with Gasteiger partial charge in [0, 0.05) is 5.56 Å². The normalized spacial score (nSPS) is 11.4. The van der Waals surface area contributed by atoms with Crippen LogP contribution in [0.25, 0.3) is 0 Å². The molecule has 0 aromatic heterocycles. The van der Waals surface area contributed by atoms with Gasteiger partial charge in [-0.05, 0) is 54.3 Å². The minimum atomic E-state index is -0.836. The van der Waals surface area contributed by atoms with E-state index in [4.69, 9.17) is 9.47 Å². The first-order chi connectivity index (χ1) is 14.8. The summed E-state index contributed by atoms with van der Waals surface area (Å²) >= 11 is 0. The molecule has 0 aliphatic carbocycles. The summed E-state index contributed by atoms with van der Waals surface area (Å²) in [6, 6.07) is 13.1. The quantitative estimate of drug-likeness (QED) is 0.532. The van der Waals surface area contributed by atoms with E-state index in [1.165, 1.54) is 12.7 Å². The molecule has 0 saturated carbocycles.